The van der Waals surface area contributed by atoms with Crippen molar-refractivity contribution in [2.24, 2.45) is 0 Å². The molecule has 0 saturated heterocycles. The molecule has 22 heavy (non-hydrogen) atoms. The highest BCUT2D eigenvalue weighted by molar-refractivity contribution is 6.00. The Bertz CT molecular complexity index is 755. The van der Waals surface area contributed by atoms with Gasteiger partial charge in [-0.2, -0.15) is 0 Å². The van der Waals surface area contributed by atoms with Crippen LogP contribution >= 0.6 is 0 Å². The number of rotatable bonds is 4. The second-order valence-electron chi connectivity index (χ2n) is 4.96. The highest BCUT2D eigenvalue weighted by Gasteiger charge is 2.12. The molecule has 0 atom stereocenters. The molecule has 3 rings (SSSR count). The molecule has 0 spiro atoms. The lowest BCUT2D eigenvalue weighted by molar-refractivity contribution is 0.0951. The van der Waals surface area contributed by atoms with Crippen LogP contribution in [0, 0.1) is 0 Å². The monoisotopic (exact) mass is 288 g/mol. The lowest BCUT2D eigenvalue weighted by atomic mass is 10.0. The van der Waals surface area contributed by atoms with Gasteiger partial charge in [-0.25, -0.2) is 0 Å². The van der Waals surface area contributed by atoms with Crippen molar-refractivity contribution in [2.45, 2.75) is 6.54 Å². The van der Waals surface area contributed by atoms with E-state index in [2.05, 4.69) is 10.3 Å². The molecule has 3 aromatic rings. The molecule has 0 saturated carbocycles. The minimum absolute atomic E-state index is 0.115. The predicted octanol–water partition coefficient (Wildman–Crippen LogP) is 3.68. The van der Waals surface area contributed by atoms with Crippen LogP contribution in [0.3, 0.4) is 0 Å². The second kappa shape index (κ2) is 6.68. The van der Waals surface area contributed by atoms with Crippen LogP contribution in [-0.2, 0) is 6.54 Å². The molecule has 0 unspecified atom stereocenters. The van der Waals surface area contributed by atoms with E-state index in [1.54, 1.807) is 12.4 Å². The number of nitrogens with zero attached hydrogens (tertiary/aromatic N) is 1. The van der Waals surface area contributed by atoms with Crippen LogP contribution in [0.2, 0.25) is 0 Å². The average Bonchev–Trinajstić information content (AvgIpc) is 2.61. The Morgan fingerprint density at radius 1 is 0.909 bits per heavy atom. The number of carbonyl (C=O) groups is 1. The molecule has 1 amide bonds. The van der Waals surface area contributed by atoms with Gasteiger partial charge >= 0.3 is 0 Å². The van der Waals surface area contributed by atoms with Crippen molar-refractivity contribution in [3.63, 3.8) is 0 Å². The molecule has 3 heteroatoms. The Morgan fingerprint density at radius 2 is 1.59 bits per heavy atom. The van der Waals surface area contributed by atoms with Gasteiger partial charge in [0.25, 0.3) is 5.91 Å². The number of hydrogen-bond donors (Lipinski definition) is 1. The van der Waals surface area contributed by atoms with Gasteiger partial charge in [-0.05, 0) is 22.8 Å². The number of pyridine rings is 1. The van der Waals surface area contributed by atoms with Gasteiger partial charge in [0.05, 0.1) is 5.56 Å². The lowest BCUT2D eigenvalue weighted by Gasteiger charge is -2.10. The first kappa shape index (κ1) is 14.0. The fourth-order valence-corrected chi connectivity index (χ4v) is 2.32. The highest BCUT2D eigenvalue weighted by Crippen LogP contribution is 2.22. The molecule has 0 aliphatic carbocycles. The minimum Gasteiger partial charge on any atom is -0.348 e. The summed E-state index contributed by atoms with van der Waals surface area (Å²) in [6.45, 7) is 0.503. The third-order valence-electron chi connectivity index (χ3n) is 3.45. The van der Waals surface area contributed by atoms with Crippen LogP contribution in [0.1, 0.15) is 15.9 Å². The van der Waals surface area contributed by atoms with E-state index in [1.165, 1.54) is 0 Å². The molecule has 108 valence electrons. The van der Waals surface area contributed by atoms with Crippen LogP contribution in [0.25, 0.3) is 11.1 Å². The Kier molecular flexibility index (Phi) is 4.25. The van der Waals surface area contributed by atoms with Crippen molar-refractivity contribution < 1.29 is 4.79 Å². The third kappa shape index (κ3) is 3.20. The Hall–Kier alpha value is -2.94. The van der Waals surface area contributed by atoms with E-state index in [9.17, 15) is 4.79 Å². The molecule has 2 aromatic carbocycles. The van der Waals surface area contributed by atoms with Crippen LogP contribution in [0.15, 0.2) is 79.1 Å². The van der Waals surface area contributed by atoms with E-state index in [1.807, 2.05) is 66.7 Å². The van der Waals surface area contributed by atoms with Gasteiger partial charge < -0.3 is 5.32 Å². The molecular weight excluding hydrogens is 272 g/mol. The number of nitrogens with one attached hydrogen (secondary N) is 1. The molecule has 0 fully saturated rings. The van der Waals surface area contributed by atoms with Crippen LogP contribution in [0.4, 0.5) is 0 Å². The van der Waals surface area contributed by atoms with Crippen molar-refractivity contribution in [3.8, 4) is 11.1 Å². The van der Waals surface area contributed by atoms with Gasteiger partial charge in [-0.1, -0.05) is 60.7 Å². The number of hydrogen-bond acceptors (Lipinski definition) is 2. The normalized spacial score (nSPS) is 10.2. The van der Waals surface area contributed by atoms with Gasteiger partial charge in [-0.3, -0.25) is 9.78 Å². The summed E-state index contributed by atoms with van der Waals surface area (Å²) in [7, 11) is 0. The van der Waals surface area contributed by atoms with Crippen molar-refractivity contribution in [1.29, 1.82) is 0 Å². The number of amides is 1. The second-order valence-corrected chi connectivity index (χ2v) is 4.96. The fraction of sp³-hybridized carbons (Fsp3) is 0.0526. The van der Waals surface area contributed by atoms with E-state index >= 15 is 0 Å². The fourth-order valence-electron chi connectivity index (χ4n) is 2.32. The summed E-state index contributed by atoms with van der Waals surface area (Å²) >= 11 is 0. The first-order valence-corrected chi connectivity index (χ1v) is 7.16. The van der Waals surface area contributed by atoms with Gasteiger partial charge in [0, 0.05) is 18.9 Å². The summed E-state index contributed by atoms with van der Waals surface area (Å²) in [6.07, 6.45) is 3.32. The van der Waals surface area contributed by atoms with Crippen molar-refractivity contribution in [2.75, 3.05) is 0 Å². The summed E-state index contributed by atoms with van der Waals surface area (Å²) in [6, 6.07) is 21.6. The van der Waals surface area contributed by atoms with Crippen LogP contribution in [0.5, 0.6) is 0 Å². The van der Waals surface area contributed by atoms with Gasteiger partial charge in [0.15, 0.2) is 0 Å². The molecular formula is C19H16N2O. The summed E-state index contributed by atoms with van der Waals surface area (Å²) in [5.74, 6) is -0.115. The summed E-state index contributed by atoms with van der Waals surface area (Å²) in [4.78, 5) is 16.5. The quantitative estimate of drug-likeness (QED) is 0.795. The third-order valence-corrected chi connectivity index (χ3v) is 3.45. The van der Waals surface area contributed by atoms with Crippen LogP contribution < -0.4 is 5.32 Å². The smallest absolute Gasteiger partial charge is 0.253 e. The van der Waals surface area contributed by atoms with Crippen molar-refractivity contribution in [1.82, 2.24) is 10.3 Å². The van der Waals surface area contributed by atoms with E-state index in [0.717, 1.165) is 16.7 Å². The largest absolute Gasteiger partial charge is 0.348 e. The van der Waals surface area contributed by atoms with Crippen LogP contribution in [-0.4, -0.2) is 10.9 Å². The topological polar surface area (TPSA) is 42.0 Å². The molecule has 0 aliphatic rings. The Balaban J connectivity index is 1.81. The van der Waals surface area contributed by atoms with E-state index in [4.69, 9.17) is 0 Å². The van der Waals surface area contributed by atoms with Gasteiger partial charge in [-0.15, -0.1) is 0 Å². The molecule has 1 N–H and O–H groups in total. The molecule has 0 bridgehead atoms. The summed E-state index contributed by atoms with van der Waals surface area (Å²) < 4.78 is 0. The lowest BCUT2D eigenvalue weighted by Crippen LogP contribution is -2.23. The SMILES string of the molecule is O=C(NCc1ccccc1)c1cnccc1-c1ccccc1. The van der Waals surface area contributed by atoms with Crippen molar-refractivity contribution >= 4 is 5.91 Å². The zero-order valence-electron chi connectivity index (χ0n) is 12.1. The van der Waals surface area contributed by atoms with Gasteiger partial charge in [0.2, 0.25) is 0 Å². The zero-order chi connectivity index (χ0) is 15.2. The number of benzene rings is 2. The minimum atomic E-state index is -0.115. The van der Waals surface area contributed by atoms with E-state index < -0.39 is 0 Å². The Morgan fingerprint density at radius 3 is 2.32 bits per heavy atom. The maximum atomic E-state index is 12.5. The average molecular weight is 288 g/mol. The molecule has 0 aliphatic heterocycles. The van der Waals surface area contributed by atoms with E-state index in [0.29, 0.717) is 12.1 Å². The van der Waals surface area contributed by atoms with E-state index in [-0.39, 0.29) is 5.91 Å². The maximum Gasteiger partial charge on any atom is 0.253 e. The first-order chi connectivity index (χ1) is 10.8. The standard InChI is InChI=1S/C19H16N2O/c22-19(21-13-15-7-3-1-4-8-15)18-14-20-12-11-17(18)16-9-5-2-6-10-16/h1-12,14H,13H2,(H,21,22). The predicted molar refractivity (Wildman–Crippen MR) is 87.3 cm³/mol. The maximum absolute atomic E-state index is 12.5. The Labute approximate surface area is 129 Å². The summed E-state index contributed by atoms with van der Waals surface area (Å²) in [5, 5.41) is 2.95. The zero-order valence-corrected chi connectivity index (χ0v) is 12.1. The number of aromatic nitrogens is 1. The van der Waals surface area contributed by atoms with Gasteiger partial charge in [0.1, 0.15) is 0 Å². The number of carbonyl (C=O) groups excluding carboxylic acids is 1. The molecule has 1 aromatic heterocycles. The first-order valence-electron chi connectivity index (χ1n) is 7.16. The highest BCUT2D eigenvalue weighted by atomic mass is 16.1. The molecule has 3 nitrogen and oxygen atoms in total. The summed E-state index contributed by atoms with van der Waals surface area (Å²) in [5.41, 5.74) is 3.56. The molecule has 0 radical (unpaired) electrons. The molecule has 1 heterocycles. The van der Waals surface area contributed by atoms with Crippen molar-refractivity contribution in [3.05, 3.63) is 90.3 Å².